The molecule has 0 saturated carbocycles. The number of carbonyl (C=O) groups is 1. The van der Waals surface area contributed by atoms with Crippen LogP contribution in [-0.2, 0) is 21.2 Å². The fraction of sp³-hybridized carbons (Fsp3) is 0.588. The SMILES string of the molecule is CCC(=O)N1CCc2cc(Br)c(S(=O)(=O)N(CC)CCN(C)C)cc21. The molecular weight excluding hydrogens is 406 g/mol. The standard InChI is InChI=1S/C17H26BrN3O3S/c1-5-17(22)21-8-7-13-11-14(18)16(12-15(13)21)25(23,24)20(6-2)10-9-19(3)4/h11-12H,5-10H2,1-4H3. The van der Waals surface area contributed by atoms with Gasteiger partial charge >= 0.3 is 0 Å². The van der Waals surface area contributed by atoms with Gasteiger partial charge in [-0.1, -0.05) is 13.8 Å². The van der Waals surface area contributed by atoms with Crippen LogP contribution < -0.4 is 4.90 Å². The zero-order chi connectivity index (χ0) is 18.8. The third-order valence-electron chi connectivity index (χ3n) is 4.40. The van der Waals surface area contributed by atoms with E-state index in [0.29, 0.717) is 37.1 Å². The summed E-state index contributed by atoms with van der Waals surface area (Å²) in [7, 11) is 0.200. The Morgan fingerprint density at radius 1 is 1.24 bits per heavy atom. The van der Waals surface area contributed by atoms with Gasteiger partial charge in [0.15, 0.2) is 0 Å². The molecule has 0 spiro atoms. The Bertz CT molecular complexity index is 750. The molecule has 1 aromatic carbocycles. The zero-order valence-corrected chi connectivity index (χ0v) is 17.7. The van der Waals surface area contributed by atoms with Gasteiger partial charge in [0, 0.05) is 42.8 Å². The highest BCUT2D eigenvalue weighted by Gasteiger charge is 2.30. The number of hydrogen-bond donors (Lipinski definition) is 0. The van der Waals surface area contributed by atoms with Crippen LogP contribution in [0.5, 0.6) is 0 Å². The summed E-state index contributed by atoms with van der Waals surface area (Å²) in [6.07, 6.45) is 1.15. The van der Waals surface area contributed by atoms with Crippen LogP contribution in [0.15, 0.2) is 21.5 Å². The minimum atomic E-state index is -3.63. The van der Waals surface area contributed by atoms with Crippen LogP contribution in [0.3, 0.4) is 0 Å². The van der Waals surface area contributed by atoms with E-state index in [1.54, 1.807) is 11.0 Å². The average Bonchev–Trinajstić information content (AvgIpc) is 2.95. The molecule has 1 aliphatic heterocycles. The number of carbonyl (C=O) groups excluding carboxylic acids is 1. The second kappa shape index (κ2) is 8.16. The van der Waals surface area contributed by atoms with E-state index < -0.39 is 10.0 Å². The van der Waals surface area contributed by atoms with Crippen molar-refractivity contribution in [2.75, 3.05) is 45.2 Å². The van der Waals surface area contributed by atoms with Gasteiger partial charge in [-0.05, 0) is 54.1 Å². The Labute approximate surface area is 159 Å². The first-order chi connectivity index (χ1) is 11.7. The number of nitrogens with zero attached hydrogens (tertiary/aromatic N) is 3. The second-order valence-electron chi connectivity index (χ2n) is 6.36. The van der Waals surface area contributed by atoms with E-state index in [1.807, 2.05) is 38.9 Å². The molecule has 1 aliphatic rings. The average molecular weight is 432 g/mol. The molecule has 1 aromatic rings. The van der Waals surface area contributed by atoms with Crippen molar-refractivity contribution in [2.45, 2.75) is 31.6 Å². The molecule has 2 rings (SSSR count). The van der Waals surface area contributed by atoms with Crippen molar-refractivity contribution in [3.05, 3.63) is 22.2 Å². The van der Waals surface area contributed by atoms with E-state index >= 15 is 0 Å². The van der Waals surface area contributed by atoms with Gasteiger partial charge in [0.25, 0.3) is 0 Å². The predicted octanol–water partition coefficient (Wildman–Crippen LogP) is 2.32. The molecule has 8 heteroatoms. The summed E-state index contributed by atoms with van der Waals surface area (Å²) in [6, 6.07) is 3.48. The van der Waals surface area contributed by atoms with Gasteiger partial charge in [0.2, 0.25) is 15.9 Å². The summed E-state index contributed by atoms with van der Waals surface area (Å²) in [5, 5.41) is 0. The van der Waals surface area contributed by atoms with Gasteiger partial charge in [0.1, 0.15) is 0 Å². The summed E-state index contributed by atoms with van der Waals surface area (Å²) >= 11 is 3.42. The Balaban J connectivity index is 2.43. The van der Waals surface area contributed by atoms with Gasteiger partial charge < -0.3 is 9.80 Å². The van der Waals surface area contributed by atoms with Crippen molar-refractivity contribution < 1.29 is 13.2 Å². The number of likely N-dealkylation sites (N-methyl/N-ethyl adjacent to an activating group) is 2. The molecule has 0 unspecified atom stereocenters. The fourth-order valence-corrected chi connectivity index (χ4v) is 5.44. The number of sulfonamides is 1. The maximum absolute atomic E-state index is 13.1. The van der Waals surface area contributed by atoms with Crippen molar-refractivity contribution in [2.24, 2.45) is 0 Å². The molecule has 0 aliphatic carbocycles. The summed E-state index contributed by atoms with van der Waals surface area (Å²) in [4.78, 5) is 16.0. The van der Waals surface area contributed by atoms with E-state index in [0.717, 1.165) is 17.7 Å². The Morgan fingerprint density at radius 3 is 2.48 bits per heavy atom. The lowest BCUT2D eigenvalue weighted by atomic mass is 10.2. The molecule has 0 N–H and O–H groups in total. The highest BCUT2D eigenvalue weighted by atomic mass is 79.9. The number of anilines is 1. The quantitative estimate of drug-likeness (QED) is 0.664. The van der Waals surface area contributed by atoms with E-state index in [-0.39, 0.29) is 10.8 Å². The van der Waals surface area contributed by atoms with Crippen molar-refractivity contribution in [3.8, 4) is 0 Å². The molecule has 0 saturated heterocycles. The van der Waals surface area contributed by atoms with Crippen LogP contribution in [0.4, 0.5) is 5.69 Å². The van der Waals surface area contributed by atoms with Gasteiger partial charge in [-0.2, -0.15) is 4.31 Å². The smallest absolute Gasteiger partial charge is 0.244 e. The Hall–Kier alpha value is -0.960. The lowest BCUT2D eigenvalue weighted by Gasteiger charge is -2.24. The van der Waals surface area contributed by atoms with E-state index in [1.165, 1.54) is 4.31 Å². The number of benzene rings is 1. The number of halogens is 1. The van der Waals surface area contributed by atoms with Gasteiger partial charge in [0.05, 0.1) is 4.90 Å². The lowest BCUT2D eigenvalue weighted by Crippen LogP contribution is -2.36. The molecule has 0 radical (unpaired) electrons. The van der Waals surface area contributed by atoms with E-state index in [2.05, 4.69) is 15.9 Å². The fourth-order valence-electron chi connectivity index (χ4n) is 2.93. The molecule has 0 atom stereocenters. The summed E-state index contributed by atoms with van der Waals surface area (Å²) in [5.74, 6) is 0.0179. The van der Waals surface area contributed by atoms with Crippen LogP contribution >= 0.6 is 15.9 Å². The lowest BCUT2D eigenvalue weighted by molar-refractivity contribution is -0.118. The molecule has 0 fully saturated rings. The van der Waals surface area contributed by atoms with Crippen molar-refractivity contribution in [1.29, 1.82) is 0 Å². The zero-order valence-electron chi connectivity index (χ0n) is 15.2. The molecule has 6 nitrogen and oxygen atoms in total. The molecule has 1 heterocycles. The molecule has 1 amide bonds. The van der Waals surface area contributed by atoms with E-state index in [4.69, 9.17) is 0 Å². The highest BCUT2D eigenvalue weighted by molar-refractivity contribution is 9.10. The van der Waals surface area contributed by atoms with Crippen molar-refractivity contribution in [1.82, 2.24) is 9.21 Å². The topological polar surface area (TPSA) is 60.9 Å². The van der Waals surface area contributed by atoms with Gasteiger partial charge in [-0.15, -0.1) is 0 Å². The van der Waals surface area contributed by atoms with Crippen LogP contribution in [0.25, 0.3) is 0 Å². The molecule has 0 bridgehead atoms. The number of rotatable bonds is 7. The Morgan fingerprint density at radius 2 is 1.92 bits per heavy atom. The van der Waals surface area contributed by atoms with Crippen molar-refractivity contribution in [3.63, 3.8) is 0 Å². The normalized spacial score (nSPS) is 14.4. The largest absolute Gasteiger partial charge is 0.312 e. The van der Waals surface area contributed by atoms with Crippen molar-refractivity contribution >= 4 is 37.5 Å². The molecule has 140 valence electrons. The third-order valence-corrected chi connectivity index (χ3v) is 7.33. The third kappa shape index (κ3) is 4.24. The molecule has 0 aromatic heterocycles. The molecular formula is C17H26BrN3O3S. The predicted molar refractivity (Wildman–Crippen MR) is 103 cm³/mol. The van der Waals surface area contributed by atoms with Crippen LogP contribution in [0.2, 0.25) is 0 Å². The molecule has 25 heavy (non-hydrogen) atoms. The summed E-state index contributed by atoms with van der Waals surface area (Å²) in [5.41, 5.74) is 1.72. The summed E-state index contributed by atoms with van der Waals surface area (Å²) in [6.45, 7) is 5.73. The van der Waals surface area contributed by atoms with Gasteiger partial charge in [-0.25, -0.2) is 8.42 Å². The van der Waals surface area contributed by atoms with E-state index in [9.17, 15) is 13.2 Å². The first-order valence-electron chi connectivity index (χ1n) is 8.50. The minimum Gasteiger partial charge on any atom is -0.312 e. The number of fused-ring (bicyclic) bond motifs is 1. The minimum absolute atomic E-state index is 0.0179. The maximum Gasteiger partial charge on any atom is 0.244 e. The van der Waals surface area contributed by atoms with Gasteiger partial charge in [-0.3, -0.25) is 4.79 Å². The Kier molecular flexibility index (Phi) is 6.64. The summed E-state index contributed by atoms with van der Waals surface area (Å²) < 4.78 is 28.3. The first-order valence-corrected chi connectivity index (χ1v) is 10.7. The maximum atomic E-state index is 13.1. The number of hydrogen-bond acceptors (Lipinski definition) is 4. The second-order valence-corrected chi connectivity index (χ2v) is 9.12. The van der Waals surface area contributed by atoms with Crippen LogP contribution in [0, 0.1) is 0 Å². The monoisotopic (exact) mass is 431 g/mol. The number of amides is 1. The highest BCUT2D eigenvalue weighted by Crippen LogP contribution is 2.36. The first kappa shape index (κ1) is 20.4. The van der Waals surface area contributed by atoms with Crippen LogP contribution in [0.1, 0.15) is 25.8 Å². The van der Waals surface area contributed by atoms with Crippen LogP contribution in [-0.4, -0.2) is 63.8 Å².